The fraction of sp³-hybridized carbons (Fsp3) is 0.562. The van der Waals surface area contributed by atoms with Gasteiger partial charge in [0.05, 0.1) is 6.54 Å². The summed E-state index contributed by atoms with van der Waals surface area (Å²) in [5, 5.41) is 6.39. The lowest BCUT2D eigenvalue weighted by molar-refractivity contribution is -0.117. The Morgan fingerprint density at radius 3 is 3.00 bits per heavy atom. The zero-order chi connectivity index (χ0) is 14.4. The Kier molecular flexibility index (Phi) is 5.56. The van der Waals surface area contributed by atoms with Crippen LogP contribution in [0.2, 0.25) is 0 Å². The first kappa shape index (κ1) is 15.0. The summed E-state index contributed by atoms with van der Waals surface area (Å²) in [4.78, 5) is 14.4. The molecule has 1 aromatic carbocycles. The van der Waals surface area contributed by atoms with Gasteiger partial charge in [-0.05, 0) is 50.6 Å². The average molecular weight is 275 g/mol. The lowest BCUT2D eigenvalue weighted by Crippen LogP contribution is -2.48. The highest BCUT2D eigenvalue weighted by molar-refractivity contribution is 5.92. The quantitative estimate of drug-likeness (QED) is 0.864. The maximum Gasteiger partial charge on any atom is 0.238 e. The van der Waals surface area contributed by atoms with Crippen LogP contribution in [0.15, 0.2) is 24.3 Å². The van der Waals surface area contributed by atoms with Crippen LogP contribution in [-0.2, 0) is 4.79 Å². The van der Waals surface area contributed by atoms with E-state index < -0.39 is 0 Å². The summed E-state index contributed by atoms with van der Waals surface area (Å²) in [5.41, 5.74) is 2.04. The topological polar surface area (TPSA) is 44.4 Å². The molecule has 0 spiro atoms. The summed E-state index contributed by atoms with van der Waals surface area (Å²) in [6.45, 7) is 7.62. The van der Waals surface area contributed by atoms with E-state index in [1.54, 1.807) is 0 Å². The van der Waals surface area contributed by atoms with Crippen LogP contribution < -0.4 is 10.6 Å². The van der Waals surface area contributed by atoms with Gasteiger partial charge in [-0.25, -0.2) is 0 Å². The van der Waals surface area contributed by atoms with Gasteiger partial charge in [-0.1, -0.05) is 19.1 Å². The third-order valence-electron chi connectivity index (χ3n) is 3.84. The molecule has 0 aliphatic carbocycles. The number of anilines is 1. The van der Waals surface area contributed by atoms with Gasteiger partial charge in [-0.3, -0.25) is 9.69 Å². The number of aryl methyl sites for hydroxylation is 1. The number of rotatable bonds is 5. The number of amides is 1. The second kappa shape index (κ2) is 7.41. The van der Waals surface area contributed by atoms with Crippen LogP contribution in [-0.4, -0.2) is 43.0 Å². The van der Waals surface area contributed by atoms with Crippen LogP contribution in [0.4, 0.5) is 5.69 Å². The third-order valence-corrected chi connectivity index (χ3v) is 3.84. The predicted octanol–water partition coefficient (Wildman–Crippen LogP) is 2.01. The summed E-state index contributed by atoms with van der Waals surface area (Å²) in [6, 6.07) is 8.41. The molecule has 1 saturated heterocycles. The zero-order valence-corrected chi connectivity index (χ0v) is 12.5. The standard InChI is InChI=1S/C16H25N3O/c1-3-19(15-8-5-9-17-11-15)12-16(20)18-14-7-4-6-13(2)10-14/h4,6-7,10,15,17H,3,5,8-9,11-12H2,1-2H3,(H,18,20). The van der Waals surface area contributed by atoms with Crippen molar-refractivity contribution in [1.29, 1.82) is 0 Å². The second-order valence-electron chi connectivity index (χ2n) is 5.48. The Morgan fingerprint density at radius 2 is 2.35 bits per heavy atom. The van der Waals surface area contributed by atoms with Crippen molar-refractivity contribution in [2.75, 3.05) is 31.5 Å². The number of nitrogens with one attached hydrogen (secondary N) is 2. The van der Waals surface area contributed by atoms with Crippen molar-refractivity contribution in [3.8, 4) is 0 Å². The van der Waals surface area contributed by atoms with Crippen molar-refractivity contribution < 1.29 is 4.79 Å². The molecule has 0 saturated carbocycles. The van der Waals surface area contributed by atoms with Crippen LogP contribution in [0.5, 0.6) is 0 Å². The number of carbonyl (C=O) groups is 1. The van der Waals surface area contributed by atoms with Crippen molar-refractivity contribution in [3.05, 3.63) is 29.8 Å². The lowest BCUT2D eigenvalue weighted by atomic mass is 10.1. The number of nitrogens with zero attached hydrogens (tertiary/aromatic N) is 1. The van der Waals surface area contributed by atoms with Gasteiger partial charge >= 0.3 is 0 Å². The zero-order valence-electron chi connectivity index (χ0n) is 12.5. The minimum atomic E-state index is 0.0722. The molecular formula is C16H25N3O. The van der Waals surface area contributed by atoms with E-state index in [1.807, 2.05) is 31.2 Å². The molecular weight excluding hydrogens is 250 g/mol. The minimum Gasteiger partial charge on any atom is -0.325 e. The van der Waals surface area contributed by atoms with E-state index in [1.165, 1.54) is 12.8 Å². The van der Waals surface area contributed by atoms with E-state index >= 15 is 0 Å². The van der Waals surface area contributed by atoms with E-state index in [4.69, 9.17) is 0 Å². The molecule has 4 heteroatoms. The van der Waals surface area contributed by atoms with Gasteiger partial charge in [0, 0.05) is 18.3 Å². The highest BCUT2D eigenvalue weighted by Crippen LogP contribution is 2.12. The number of hydrogen-bond donors (Lipinski definition) is 2. The van der Waals surface area contributed by atoms with Gasteiger partial charge in [0.2, 0.25) is 5.91 Å². The number of benzene rings is 1. The normalized spacial score (nSPS) is 19.1. The molecule has 1 heterocycles. The Morgan fingerprint density at radius 1 is 1.50 bits per heavy atom. The minimum absolute atomic E-state index is 0.0722. The molecule has 1 atom stereocenters. The molecule has 20 heavy (non-hydrogen) atoms. The van der Waals surface area contributed by atoms with Crippen LogP contribution in [0.1, 0.15) is 25.3 Å². The SMILES string of the molecule is CCN(CC(=O)Nc1cccc(C)c1)C1CCCNC1. The molecule has 110 valence electrons. The molecule has 0 bridgehead atoms. The molecule has 1 aliphatic heterocycles. The number of likely N-dealkylation sites (N-methyl/N-ethyl adjacent to an activating group) is 1. The van der Waals surface area contributed by atoms with Gasteiger partial charge in [-0.15, -0.1) is 0 Å². The third kappa shape index (κ3) is 4.32. The largest absolute Gasteiger partial charge is 0.325 e. The van der Waals surface area contributed by atoms with E-state index in [9.17, 15) is 4.79 Å². The summed E-state index contributed by atoms with van der Waals surface area (Å²) in [6.07, 6.45) is 2.37. The van der Waals surface area contributed by atoms with Gasteiger partial charge in [0.1, 0.15) is 0 Å². The number of carbonyl (C=O) groups excluding carboxylic acids is 1. The van der Waals surface area contributed by atoms with Gasteiger partial charge in [-0.2, -0.15) is 0 Å². The maximum absolute atomic E-state index is 12.2. The average Bonchev–Trinajstić information content (AvgIpc) is 2.45. The number of hydrogen-bond acceptors (Lipinski definition) is 3. The molecule has 0 aromatic heterocycles. The molecule has 0 radical (unpaired) electrons. The fourth-order valence-corrected chi connectivity index (χ4v) is 2.75. The van der Waals surface area contributed by atoms with Gasteiger partial charge in [0.15, 0.2) is 0 Å². The van der Waals surface area contributed by atoms with Crippen molar-refractivity contribution >= 4 is 11.6 Å². The van der Waals surface area contributed by atoms with E-state index in [-0.39, 0.29) is 5.91 Å². The first-order valence-electron chi connectivity index (χ1n) is 7.50. The Labute approximate surface area is 121 Å². The van der Waals surface area contributed by atoms with E-state index in [0.717, 1.165) is 30.9 Å². The molecule has 1 aliphatic rings. The first-order valence-corrected chi connectivity index (χ1v) is 7.50. The summed E-state index contributed by atoms with van der Waals surface area (Å²) >= 11 is 0. The second-order valence-corrected chi connectivity index (χ2v) is 5.48. The smallest absolute Gasteiger partial charge is 0.238 e. The fourth-order valence-electron chi connectivity index (χ4n) is 2.75. The van der Waals surface area contributed by atoms with Crippen LogP contribution in [0, 0.1) is 6.92 Å². The van der Waals surface area contributed by atoms with Crippen molar-refractivity contribution in [2.45, 2.75) is 32.7 Å². The Balaban J connectivity index is 1.88. The molecule has 1 aromatic rings. The summed E-state index contributed by atoms with van der Waals surface area (Å²) in [5.74, 6) is 0.0722. The van der Waals surface area contributed by atoms with E-state index in [2.05, 4.69) is 22.5 Å². The van der Waals surface area contributed by atoms with Gasteiger partial charge < -0.3 is 10.6 Å². The molecule has 1 unspecified atom stereocenters. The molecule has 2 rings (SSSR count). The Bertz CT molecular complexity index is 441. The van der Waals surface area contributed by atoms with Crippen molar-refractivity contribution in [3.63, 3.8) is 0 Å². The lowest BCUT2D eigenvalue weighted by Gasteiger charge is -2.33. The van der Waals surface area contributed by atoms with Crippen LogP contribution in [0.25, 0.3) is 0 Å². The molecule has 1 fully saturated rings. The van der Waals surface area contributed by atoms with Gasteiger partial charge in [0.25, 0.3) is 0 Å². The van der Waals surface area contributed by atoms with Crippen molar-refractivity contribution in [1.82, 2.24) is 10.2 Å². The highest BCUT2D eigenvalue weighted by Gasteiger charge is 2.21. The number of piperidine rings is 1. The van der Waals surface area contributed by atoms with Crippen LogP contribution >= 0.6 is 0 Å². The first-order chi connectivity index (χ1) is 9.69. The Hall–Kier alpha value is -1.39. The molecule has 2 N–H and O–H groups in total. The van der Waals surface area contributed by atoms with Crippen molar-refractivity contribution in [2.24, 2.45) is 0 Å². The predicted molar refractivity (Wildman–Crippen MR) is 82.9 cm³/mol. The highest BCUT2D eigenvalue weighted by atomic mass is 16.2. The molecule has 4 nitrogen and oxygen atoms in total. The van der Waals surface area contributed by atoms with Crippen LogP contribution in [0.3, 0.4) is 0 Å². The van der Waals surface area contributed by atoms with E-state index in [0.29, 0.717) is 12.6 Å². The molecule has 1 amide bonds. The summed E-state index contributed by atoms with van der Waals surface area (Å²) in [7, 11) is 0. The maximum atomic E-state index is 12.2. The summed E-state index contributed by atoms with van der Waals surface area (Å²) < 4.78 is 0. The monoisotopic (exact) mass is 275 g/mol.